The molecule has 7 heteroatoms. The van der Waals surface area contributed by atoms with Crippen molar-refractivity contribution in [1.82, 2.24) is 9.80 Å². The van der Waals surface area contributed by atoms with Gasteiger partial charge in [0.1, 0.15) is 5.75 Å². The Balaban J connectivity index is 1.88. The fourth-order valence-corrected chi connectivity index (χ4v) is 2.22. The molecule has 0 bridgehead atoms. The third kappa shape index (κ3) is 4.42. The van der Waals surface area contributed by atoms with Gasteiger partial charge in [0.25, 0.3) is 11.6 Å². The Morgan fingerprint density at radius 1 is 1.33 bits per heavy atom. The van der Waals surface area contributed by atoms with E-state index >= 15 is 0 Å². The fourth-order valence-electron chi connectivity index (χ4n) is 2.22. The summed E-state index contributed by atoms with van der Waals surface area (Å²) in [4.78, 5) is 26.3. The number of amides is 1. The zero-order chi connectivity index (χ0) is 15.2. The van der Waals surface area contributed by atoms with Gasteiger partial charge in [-0.1, -0.05) is 6.07 Å². The Hall–Kier alpha value is -2.15. The van der Waals surface area contributed by atoms with Crippen LogP contribution in [0.4, 0.5) is 5.69 Å². The molecule has 21 heavy (non-hydrogen) atoms. The van der Waals surface area contributed by atoms with Crippen molar-refractivity contribution in [2.75, 3.05) is 39.8 Å². The number of ether oxygens (including phenoxy) is 1. The van der Waals surface area contributed by atoms with Gasteiger partial charge in [-0.2, -0.15) is 0 Å². The topological polar surface area (TPSA) is 75.9 Å². The minimum absolute atomic E-state index is 0.0450. The molecule has 1 fully saturated rings. The maximum Gasteiger partial charge on any atom is 0.273 e. The second kappa shape index (κ2) is 7.03. The predicted molar refractivity (Wildman–Crippen MR) is 77.3 cm³/mol. The number of nitro groups is 1. The smallest absolute Gasteiger partial charge is 0.273 e. The molecule has 1 aliphatic rings. The summed E-state index contributed by atoms with van der Waals surface area (Å²) in [6, 6.07) is 5.86. The number of nitro benzene ring substituents is 1. The number of carbonyl (C=O) groups excluding carboxylic acids is 1. The first-order chi connectivity index (χ1) is 10.1. The largest absolute Gasteiger partial charge is 0.484 e. The van der Waals surface area contributed by atoms with Gasteiger partial charge in [0, 0.05) is 25.7 Å². The van der Waals surface area contributed by atoms with Crippen LogP contribution >= 0.6 is 0 Å². The summed E-state index contributed by atoms with van der Waals surface area (Å²) in [5, 5.41) is 10.7. The van der Waals surface area contributed by atoms with Crippen molar-refractivity contribution < 1.29 is 14.5 Å². The first-order valence-electron chi connectivity index (χ1n) is 6.90. The standard InChI is InChI=1S/C14H19N3O4/c1-15-6-3-7-16(9-8-15)14(18)11-21-13-5-2-4-12(10-13)17(19)20/h2,4-5,10H,3,6-9,11H2,1H3. The summed E-state index contributed by atoms with van der Waals surface area (Å²) in [5.41, 5.74) is -0.0450. The van der Waals surface area contributed by atoms with Gasteiger partial charge in [-0.25, -0.2) is 0 Å². The van der Waals surface area contributed by atoms with Crippen LogP contribution in [0.15, 0.2) is 24.3 Å². The van der Waals surface area contributed by atoms with E-state index in [9.17, 15) is 14.9 Å². The van der Waals surface area contributed by atoms with E-state index in [1.807, 2.05) is 7.05 Å². The molecule has 2 rings (SSSR count). The van der Waals surface area contributed by atoms with Crippen LogP contribution in [0.5, 0.6) is 5.75 Å². The van der Waals surface area contributed by atoms with E-state index < -0.39 is 4.92 Å². The number of hydrogen-bond acceptors (Lipinski definition) is 5. The summed E-state index contributed by atoms with van der Waals surface area (Å²) < 4.78 is 5.37. The highest BCUT2D eigenvalue weighted by molar-refractivity contribution is 5.77. The lowest BCUT2D eigenvalue weighted by molar-refractivity contribution is -0.384. The normalized spacial score (nSPS) is 16.3. The molecular formula is C14H19N3O4. The van der Waals surface area contributed by atoms with Crippen LogP contribution in [-0.4, -0.2) is 60.5 Å². The number of non-ortho nitro benzene ring substituents is 1. The van der Waals surface area contributed by atoms with Crippen molar-refractivity contribution in [2.24, 2.45) is 0 Å². The molecule has 7 nitrogen and oxygen atoms in total. The van der Waals surface area contributed by atoms with Gasteiger partial charge in [-0.15, -0.1) is 0 Å². The maximum absolute atomic E-state index is 12.1. The molecule has 1 heterocycles. The van der Waals surface area contributed by atoms with Gasteiger partial charge >= 0.3 is 0 Å². The summed E-state index contributed by atoms with van der Waals surface area (Å²) in [6.45, 7) is 3.15. The van der Waals surface area contributed by atoms with E-state index in [0.29, 0.717) is 12.3 Å². The molecule has 0 N–H and O–H groups in total. The number of rotatable bonds is 4. The van der Waals surface area contributed by atoms with Crippen LogP contribution in [0.25, 0.3) is 0 Å². The van der Waals surface area contributed by atoms with Crippen molar-refractivity contribution in [3.05, 3.63) is 34.4 Å². The van der Waals surface area contributed by atoms with E-state index in [1.165, 1.54) is 12.1 Å². The predicted octanol–water partition coefficient (Wildman–Crippen LogP) is 1.14. The Labute approximate surface area is 123 Å². The van der Waals surface area contributed by atoms with Crippen molar-refractivity contribution in [3.8, 4) is 5.75 Å². The molecule has 1 saturated heterocycles. The van der Waals surface area contributed by atoms with Gasteiger partial charge in [0.15, 0.2) is 6.61 Å². The number of hydrogen-bond donors (Lipinski definition) is 0. The van der Waals surface area contributed by atoms with Crippen molar-refractivity contribution >= 4 is 11.6 Å². The van der Waals surface area contributed by atoms with Crippen LogP contribution in [-0.2, 0) is 4.79 Å². The Morgan fingerprint density at radius 3 is 2.90 bits per heavy atom. The molecule has 0 radical (unpaired) electrons. The van der Waals surface area contributed by atoms with Crippen molar-refractivity contribution in [3.63, 3.8) is 0 Å². The van der Waals surface area contributed by atoms with E-state index in [0.717, 1.165) is 26.1 Å². The van der Waals surface area contributed by atoms with Crippen molar-refractivity contribution in [2.45, 2.75) is 6.42 Å². The molecule has 0 unspecified atom stereocenters. The summed E-state index contributed by atoms with van der Waals surface area (Å²) in [7, 11) is 2.04. The lowest BCUT2D eigenvalue weighted by Crippen LogP contribution is -2.37. The van der Waals surface area contributed by atoms with Crippen LogP contribution < -0.4 is 4.74 Å². The number of benzene rings is 1. The molecular weight excluding hydrogens is 274 g/mol. The number of likely N-dealkylation sites (N-methyl/N-ethyl adjacent to an activating group) is 1. The van der Waals surface area contributed by atoms with E-state index in [4.69, 9.17) is 4.74 Å². The highest BCUT2D eigenvalue weighted by atomic mass is 16.6. The van der Waals surface area contributed by atoms with Gasteiger partial charge in [0.2, 0.25) is 0 Å². The van der Waals surface area contributed by atoms with Crippen LogP contribution in [0.2, 0.25) is 0 Å². The van der Waals surface area contributed by atoms with E-state index in [-0.39, 0.29) is 18.2 Å². The van der Waals surface area contributed by atoms with Crippen LogP contribution in [0.1, 0.15) is 6.42 Å². The van der Waals surface area contributed by atoms with Crippen LogP contribution in [0.3, 0.4) is 0 Å². The summed E-state index contributed by atoms with van der Waals surface area (Å²) in [5.74, 6) is 0.251. The Bertz CT molecular complexity index is 521. The quantitative estimate of drug-likeness (QED) is 0.614. The Kier molecular flexibility index (Phi) is 5.10. The molecule has 0 spiro atoms. The Morgan fingerprint density at radius 2 is 2.14 bits per heavy atom. The molecule has 114 valence electrons. The molecule has 1 aromatic carbocycles. The monoisotopic (exact) mass is 293 g/mol. The van der Waals surface area contributed by atoms with Gasteiger partial charge in [-0.05, 0) is 26.1 Å². The number of carbonyl (C=O) groups is 1. The molecule has 1 amide bonds. The highest BCUT2D eigenvalue weighted by Crippen LogP contribution is 2.19. The minimum atomic E-state index is -0.487. The van der Waals surface area contributed by atoms with E-state index in [2.05, 4.69) is 4.90 Å². The first kappa shape index (κ1) is 15.2. The molecule has 0 aromatic heterocycles. The fraction of sp³-hybridized carbons (Fsp3) is 0.500. The zero-order valence-corrected chi connectivity index (χ0v) is 12.0. The molecule has 1 aliphatic heterocycles. The maximum atomic E-state index is 12.1. The highest BCUT2D eigenvalue weighted by Gasteiger charge is 2.18. The lowest BCUT2D eigenvalue weighted by atomic mass is 10.3. The van der Waals surface area contributed by atoms with Crippen LogP contribution in [0, 0.1) is 10.1 Å². The summed E-state index contributed by atoms with van der Waals surface area (Å²) >= 11 is 0. The second-order valence-electron chi connectivity index (χ2n) is 5.08. The zero-order valence-electron chi connectivity index (χ0n) is 12.0. The average Bonchev–Trinajstić information content (AvgIpc) is 2.70. The van der Waals surface area contributed by atoms with Gasteiger partial charge in [0.05, 0.1) is 11.0 Å². The molecule has 1 aromatic rings. The van der Waals surface area contributed by atoms with E-state index in [1.54, 1.807) is 17.0 Å². The molecule has 0 aliphatic carbocycles. The number of nitrogens with zero attached hydrogens (tertiary/aromatic N) is 3. The first-order valence-corrected chi connectivity index (χ1v) is 6.90. The third-order valence-electron chi connectivity index (χ3n) is 3.46. The van der Waals surface area contributed by atoms with Crippen molar-refractivity contribution in [1.29, 1.82) is 0 Å². The average molecular weight is 293 g/mol. The lowest BCUT2D eigenvalue weighted by Gasteiger charge is -2.20. The SMILES string of the molecule is CN1CCCN(C(=O)COc2cccc([N+](=O)[O-])c2)CC1. The second-order valence-corrected chi connectivity index (χ2v) is 5.08. The van der Waals surface area contributed by atoms with Gasteiger partial charge in [-0.3, -0.25) is 14.9 Å². The van der Waals surface area contributed by atoms with Gasteiger partial charge < -0.3 is 14.5 Å². The third-order valence-corrected chi connectivity index (χ3v) is 3.46. The minimum Gasteiger partial charge on any atom is -0.484 e. The molecule has 0 atom stereocenters. The molecule has 0 saturated carbocycles. The summed E-state index contributed by atoms with van der Waals surface area (Å²) in [6.07, 6.45) is 0.944.